The first kappa shape index (κ1) is 19.2. The third kappa shape index (κ3) is 4.61. The number of ether oxygens (including phenoxy) is 1. The summed E-state index contributed by atoms with van der Waals surface area (Å²) in [5.41, 5.74) is 1.41. The Kier molecular flexibility index (Phi) is 6.35. The van der Waals surface area contributed by atoms with Crippen LogP contribution < -0.4 is 10.1 Å². The smallest absolute Gasteiger partial charge is 0.255 e. The van der Waals surface area contributed by atoms with Crippen molar-refractivity contribution in [2.24, 2.45) is 0 Å². The molecular formula is C21H23ClN2O3. The number of halogens is 1. The Labute approximate surface area is 164 Å². The van der Waals surface area contributed by atoms with Gasteiger partial charge >= 0.3 is 0 Å². The molecule has 0 aliphatic carbocycles. The minimum absolute atomic E-state index is 0.0411. The zero-order valence-electron chi connectivity index (χ0n) is 15.3. The van der Waals surface area contributed by atoms with E-state index in [1.165, 1.54) is 7.11 Å². The SMILES string of the molecule is COc1ccc(C(=O)Nc2ccccc2C(=O)N2CCCCCC2)cc1Cl. The zero-order chi connectivity index (χ0) is 19.2. The number of carbonyl (C=O) groups excluding carboxylic acids is 2. The molecule has 1 saturated heterocycles. The molecule has 2 aromatic carbocycles. The molecule has 142 valence electrons. The van der Waals surface area contributed by atoms with Gasteiger partial charge in [-0.15, -0.1) is 0 Å². The lowest BCUT2D eigenvalue weighted by Gasteiger charge is -2.22. The van der Waals surface area contributed by atoms with E-state index in [9.17, 15) is 9.59 Å². The molecule has 1 aliphatic heterocycles. The molecular weight excluding hydrogens is 364 g/mol. The van der Waals surface area contributed by atoms with Gasteiger partial charge in [0, 0.05) is 18.7 Å². The second-order valence-electron chi connectivity index (χ2n) is 6.56. The largest absolute Gasteiger partial charge is 0.495 e. The summed E-state index contributed by atoms with van der Waals surface area (Å²) in [4.78, 5) is 27.5. The number of anilines is 1. The Morgan fingerprint density at radius 3 is 2.41 bits per heavy atom. The Balaban J connectivity index is 1.80. The summed E-state index contributed by atoms with van der Waals surface area (Å²) in [6.07, 6.45) is 4.34. The average molecular weight is 387 g/mol. The van der Waals surface area contributed by atoms with Gasteiger partial charge in [0.25, 0.3) is 11.8 Å². The Morgan fingerprint density at radius 1 is 1.04 bits per heavy atom. The fourth-order valence-corrected chi connectivity index (χ4v) is 3.48. The fourth-order valence-electron chi connectivity index (χ4n) is 3.22. The summed E-state index contributed by atoms with van der Waals surface area (Å²) < 4.78 is 5.11. The molecule has 5 nitrogen and oxygen atoms in total. The maximum atomic E-state index is 13.0. The maximum absolute atomic E-state index is 13.0. The lowest BCUT2D eigenvalue weighted by molar-refractivity contribution is 0.0762. The van der Waals surface area contributed by atoms with E-state index in [1.807, 2.05) is 11.0 Å². The fraction of sp³-hybridized carbons (Fsp3) is 0.333. The average Bonchev–Trinajstić information content (AvgIpc) is 2.97. The van der Waals surface area contributed by atoms with Gasteiger partial charge in [-0.05, 0) is 43.2 Å². The summed E-state index contributed by atoms with van der Waals surface area (Å²) in [6, 6.07) is 11.9. The molecule has 0 bridgehead atoms. The van der Waals surface area contributed by atoms with Crippen LogP contribution in [-0.4, -0.2) is 36.9 Å². The Hall–Kier alpha value is -2.53. The van der Waals surface area contributed by atoms with Crippen LogP contribution in [0, 0.1) is 0 Å². The Morgan fingerprint density at radius 2 is 1.74 bits per heavy atom. The number of hydrogen-bond acceptors (Lipinski definition) is 3. The van der Waals surface area contributed by atoms with Crippen LogP contribution in [0.2, 0.25) is 5.02 Å². The number of amides is 2. The van der Waals surface area contributed by atoms with Gasteiger partial charge < -0.3 is 15.0 Å². The van der Waals surface area contributed by atoms with Crippen LogP contribution >= 0.6 is 11.6 Å². The summed E-state index contributed by atoms with van der Waals surface area (Å²) in [5, 5.41) is 3.20. The number of likely N-dealkylation sites (tertiary alicyclic amines) is 1. The molecule has 3 rings (SSSR count). The van der Waals surface area contributed by atoms with Gasteiger partial charge in [0.2, 0.25) is 0 Å². The molecule has 1 aliphatic rings. The lowest BCUT2D eigenvalue weighted by Crippen LogP contribution is -2.32. The highest BCUT2D eigenvalue weighted by Gasteiger charge is 2.21. The number of nitrogens with one attached hydrogen (secondary N) is 1. The Bertz CT molecular complexity index is 830. The van der Waals surface area contributed by atoms with Crippen LogP contribution in [0.25, 0.3) is 0 Å². The molecule has 2 amide bonds. The van der Waals surface area contributed by atoms with E-state index >= 15 is 0 Å². The van der Waals surface area contributed by atoms with E-state index in [2.05, 4.69) is 5.32 Å². The van der Waals surface area contributed by atoms with Crippen molar-refractivity contribution in [3.8, 4) is 5.75 Å². The van der Waals surface area contributed by atoms with E-state index in [0.717, 1.165) is 38.8 Å². The first-order chi connectivity index (χ1) is 13.1. The number of rotatable bonds is 4. The molecule has 0 unspecified atom stereocenters. The van der Waals surface area contributed by atoms with Crippen LogP contribution in [0.4, 0.5) is 5.69 Å². The van der Waals surface area contributed by atoms with Gasteiger partial charge in [0.1, 0.15) is 5.75 Å². The summed E-state index contributed by atoms with van der Waals surface area (Å²) in [5.74, 6) is 0.140. The minimum atomic E-state index is -0.323. The van der Waals surface area contributed by atoms with Crippen molar-refractivity contribution < 1.29 is 14.3 Å². The van der Waals surface area contributed by atoms with Gasteiger partial charge in [0.05, 0.1) is 23.4 Å². The minimum Gasteiger partial charge on any atom is -0.495 e. The van der Waals surface area contributed by atoms with Crippen LogP contribution in [0.1, 0.15) is 46.4 Å². The highest BCUT2D eigenvalue weighted by atomic mass is 35.5. The first-order valence-corrected chi connectivity index (χ1v) is 9.51. The van der Waals surface area contributed by atoms with Crippen molar-refractivity contribution in [3.63, 3.8) is 0 Å². The highest BCUT2D eigenvalue weighted by Crippen LogP contribution is 2.26. The molecule has 2 aromatic rings. The highest BCUT2D eigenvalue weighted by molar-refractivity contribution is 6.32. The normalized spacial score (nSPS) is 14.4. The number of carbonyl (C=O) groups is 2. The first-order valence-electron chi connectivity index (χ1n) is 9.13. The van der Waals surface area contributed by atoms with E-state index < -0.39 is 0 Å². The van der Waals surface area contributed by atoms with Gasteiger partial charge in [-0.2, -0.15) is 0 Å². The number of methoxy groups -OCH3 is 1. The molecule has 6 heteroatoms. The summed E-state index contributed by atoms with van der Waals surface area (Å²) in [6.45, 7) is 1.52. The molecule has 0 atom stereocenters. The molecule has 0 aromatic heterocycles. The predicted molar refractivity (Wildman–Crippen MR) is 107 cm³/mol. The number of benzene rings is 2. The molecule has 27 heavy (non-hydrogen) atoms. The third-order valence-electron chi connectivity index (χ3n) is 4.71. The van der Waals surface area contributed by atoms with E-state index in [4.69, 9.17) is 16.3 Å². The topological polar surface area (TPSA) is 58.6 Å². The van der Waals surface area contributed by atoms with Crippen molar-refractivity contribution in [3.05, 3.63) is 58.6 Å². The summed E-state index contributed by atoms with van der Waals surface area (Å²) >= 11 is 6.11. The van der Waals surface area contributed by atoms with Gasteiger partial charge in [-0.1, -0.05) is 36.6 Å². The van der Waals surface area contributed by atoms with Crippen molar-refractivity contribution in [2.75, 3.05) is 25.5 Å². The molecule has 0 radical (unpaired) electrons. The second kappa shape index (κ2) is 8.91. The van der Waals surface area contributed by atoms with Gasteiger partial charge in [-0.3, -0.25) is 9.59 Å². The van der Waals surface area contributed by atoms with E-state index in [1.54, 1.807) is 36.4 Å². The molecule has 1 heterocycles. The molecule has 1 N–H and O–H groups in total. The van der Waals surface area contributed by atoms with Crippen molar-refractivity contribution in [1.29, 1.82) is 0 Å². The van der Waals surface area contributed by atoms with E-state index in [-0.39, 0.29) is 11.8 Å². The van der Waals surface area contributed by atoms with Crippen LogP contribution in [0.5, 0.6) is 5.75 Å². The number of para-hydroxylation sites is 1. The quantitative estimate of drug-likeness (QED) is 0.834. The number of nitrogens with zero attached hydrogens (tertiary/aromatic N) is 1. The standard InChI is InChI=1S/C21H23ClN2O3/c1-27-19-11-10-15(14-17(19)22)20(25)23-18-9-5-4-8-16(18)21(26)24-12-6-2-3-7-13-24/h4-5,8-11,14H,2-3,6-7,12-13H2,1H3,(H,23,25). The second-order valence-corrected chi connectivity index (χ2v) is 6.96. The van der Waals surface area contributed by atoms with Crippen LogP contribution in [-0.2, 0) is 0 Å². The number of hydrogen-bond donors (Lipinski definition) is 1. The van der Waals surface area contributed by atoms with Crippen LogP contribution in [0.3, 0.4) is 0 Å². The van der Waals surface area contributed by atoms with Crippen molar-refractivity contribution in [1.82, 2.24) is 4.90 Å². The third-order valence-corrected chi connectivity index (χ3v) is 5.01. The zero-order valence-corrected chi connectivity index (χ0v) is 16.1. The maximum Gasteiger partial charge on any atom is 0.255 e. The molecule has 0 spiro atoms. The molecule has 1 fully saturated rings. The van der Waals surface area contributed by atoms with Gasteiger partial charge in [0.15, 0.2) is 0 Å². The monoisotopic (exact) mass is 386 g/mol. The van der Waals surface area contributed by atoms with Gasteiger partial charge in [-0.25, -0.2) is 0 Å². The van der Waals surface area contributed by atoms with Crippen LogP contribution in [0.15, 0.2) is 42.5 Å². The van der Waals surface area contributed by atoms with Crippen molar-refractivity contribution in [2.45, 2.75) is 25.7 Å². The molecule has 0 saturated carbocycles. The van der Waals surface area contributed by atoms with Crippen molar-refractivity contribution >= 4 is 29.1 Å². The predicted octanol–water partition coefficient (Wildman–Crippen LogP) is 4.62. The van der Waals surface area contributed by atoms with E-state index in [0.29, 0.717) is 27.6 Å². The lowest BCUT2D eigenvalue weighted by atomic mass is 10.1. The summed E-state index contributed by atoms with van der Waals surface area (Å²) in [7, 11) is 1.52.